The molecule has 1 aromatic rings. The predicted octanol–water partition coefficient (Wildman–Crippen LogP) is 1.01. The van der Waals surface area contributed by atoms with Crippen LogP contribution in [0.3, 0.4) is 0 Å². The van der Waals surface area contributed by atoms with Crippen LogP contribution in [0.5, 0.6) is 0 Å². The van der Waals surface area contributed by atoms with Gasteiger partial charge in [-0.05, 0) is 32.1 Å². The van der Waals surface area contributed by atoms with Crippen molar-refractivity contribution >= 4 is 0 Å². The van der Waals surface area contributed by atoms with Crippen molar-refractivity contribution in [2.45, 2.75) is 63.2 Å². The molecule has 5 nitrogen and oxygen atoms in total. The summed E-state index contributed by atoms with van der Waals surface area (Å²) in [5.74, 6) is 0. The second-order valence-corrected chi connectivity index (χ2v) is 5.73. The number of aromatic nitrogens is 3. The van der Waals surface area contributed by atoms with E-state index >= 15 is 0 Å². The lowest BCUT2D eigenvalue weighted by Gasteiger charge is -2.48. The summed E-state index contributed by atoms with van der Waals surface area (Å²) < 4.78 is 1.92. The molecule has 2 fully saturated rings. The van der Waals surface area contributed by atoms with Gasteiger partial charge in [0.15, 0.2) is 0 Å². The number of nitrogens with two attached hydrogens (primary N) is 1. The monoisotopic (exact) mass is 249 g/mol. The fourth-order valence-corrected chi connectivity index (χ4v) is 3.65. The Labute approximate surface area is 108 Å². The minimum atomic E-state index is 0.437. The Balaban J connectivity index is 1.52. The molecule has 0 aliphatic carbocycles. The van der Waals surface area contributed by atoms with Crippen molar-refractivity contribution < 1.29 is 0 Å². The zero-order valence-electron chi connectivity index (χ0n) is 10.9. The molecule has 2 aliphatic rings. The van der Waals surface area contributed by atoms with Crippen LogP contribution in [0.2, 0.25) is 0 Å². The highest BCUT2D eigenvalue weighted by atomic mass is 15.4. The standard InChI is InChI=1S/C13H23N5/c14-11-9-12-3-1-4-13(10-11)18(12)7-2-6-17-8-5-15-16-17/h5,8,11-13H,1-4,6-7,9-10,14H2. The van der Waals surface area contributed by atoms with E-state index in [4.69, 9.17) is 5.73 Å². The van der Waals surface area contributed by atoms with Gasteiger partial charge in [-0.25, -0.2) is 0 Å². The molecule has 0 amide bonds. The summed E-state index contributed by atoms with van der Waals surface area (Å²) >= 11 is 0. The van der Waals surface area contributed by atoms with Crippen LogP contribution in [-0.2, 0) is 6.54 Å². The summed E-state index contributed by atoms with van der Waals surface area (Å²) in [6.07, 6.45) is 11.3. The van der Waals surface area contributed by atoms with Gasteiger partial charge in [0.25, 0.3) is 0 Å². The molecule has 0 spiro atoms. The first kappa shape index (κ1) is 12.1. The highest BCUT2D eigenvalue weighted by Crippen LogP contribution is 2.33. The van der Waals surface area contributed by atoms with Gasteiger partial charge in [-0.15, -0.1) is 5.10 Å². The molecule has 18 heavy (non-hydrogen) atoms. The van der Waals surface area contributed by atoms with Crippen LogP contribution in [0.1, 0.15) is 38.5 Å². The molecule has 0 radical (unpaired) electrons. The summed E-state index contributed by atoms with van der Waals surface area (Å²) in [6, 6.07) is 1.92. The second-order valence-electron chi connectivity index (χ2n) is 5.73. The number of aryl methyl sites for hydroxylation is 1. The lowest BCUT2D eigenvalue weighted by Crippen LogP contribution is -2.55. The quantitative estimate of drug-likeness (QED) is 0.865. The van der Waals surface area contributed by atoms with Crippen molar-refractivity contribution in [1.82, 2.24) is 19.9 Å². The maximum atomic E-state index is 6.14. The van der Waals surface area contributed by atoms with Gasteiger partial charge < -0.3 is 5.73 Å². The third-order valence-corrected chi connectivity index (χ3v) is 4.44. The normalized spacial score (nSPS) is 32.6. The zero-order valence-corrected chi connectivity index (χ0v) is 10.9. The third-order valence-electron chi connectivity index (χ3n) is 4.44. The topological polar surface area (TPSA) is 60.0 Å². The summed E-state index contributed by atoms with van der Waals surface area (Å²) in [7, 11) is 0. The number of nitrogens with zero attached hydrogens (tertiary/aromatic N) is 4. The van der Waals surface area contributed by atoms with E-state index in [1.165, 1.54) is 38.6 Å². The maximum absolute atomic E-state index is 6.14. The summed E-state index contributed by atoms with van der Waals surface area (Å²) in [4.78, 5) is 2.71. The average molecular weight is 249 g/mol. The first-order valence-electron chi connectivity index (χ1n) is 7.18. The van der Waals surface area contributed by atoms with Crippen LogP contribution in [0.25, 0.3) is 0 Å². The molecule has 0 saturated carbocycles. The van der Waals surface area contributed by atoms with Gasteiger partial charge in [-0.3, -0.25) is 9.58 Å². The number of piperidine rings is 2. The van der Waals surface area contributed by atoms with Crippen molar-refractivity contribution in [2.75, 3.05) is 6.54 Å². The van der Waals surface area contributed by atoms with Crippen LogP contribution < -0.4 is 5.73 Å². The summed E-state index contributed by atoms with van der Waals surface area (Å²) in [6.45, 7) is 2.16. The largest absolute Gasteiger partial charge is 0.328 e. The number of hydrogen-bond donors (Lipinski definition) is 1. The van der Waals surface area contributed by atoms with E-state index in [1.54, 1.807) is 6.20 Å². The van der Waals surface area contributed by atoms with Gasteiger partial charge in [0.05, 0.1) is 6.20 Å². The van der Waals surface area contributed by atoms with Crippen LogP contribution in [0.15, 0.2) is 12.4 Å². The highest BCUT2D eigenvalue weighted by molar-refractivity contribution is 4.93. The van der Waals surface area contributed by atoms with E-state index in [1.807, 2.05) is 10.9 Å². The van der Waals surface area contributed by atoms with Gasteiger partial charge in [0.2, 0.25) is 0 Å². The SMILES string of the molecule is NC1CC2CCCC(C1)N2CCCn1ccnn1. The average Bonchev–Trinajstić information content (AvgIpc) is 2.83. The fraction of sp³-hybridized carbons (Fsp3) is 0.846. The Bertz CT molecular complexity index is 349. The Morgan fingerprint density at radius 1 is 1.17 bits per heavy atom. The van der Waals surface area contributed by atoms with Crippen molar-refractivity contribution in [1.29, 1.82) is 0 Å². The lowest BCUT2D eigenvalue weighted by atomic mass is 9.82. The van der Waals surface area contributed by atoms with Gasteiger partial charge >= 0.3 is 0 Å². The lowest BCUT2D eigenvalue weighted by molar-refractivity contribution is 0.0296. The Hall–Kier alpha value is -0.940. The second kappa shape index (κ2) is 5.36. The summed E-state index contributed by atoms with van der Waals surface area (Å²) in [5.41, 5.74) is 6.14. The molecular formula is C13H23N5. The van der Waals surface area contributed by atoms with Gasteiger partial charge in [-0.1, -0.05) is 11.6 Å². The molecule has 3 rings (SSSR count). The smallest absolute Gasteiger partial charge is 0.0692 e. The van der Waals surface area contributed by atoms with Gasteiger partial charge in [0, 0.05) is 37.4 Å². The number of hydrogen-bond acceptors (Lipinski definition) is 4. The summed E-state index contributed by atoms with van der Waals surface area (Å²) in [5, 5.41) is 7.85. The molecule has 0 aromatic carbocycles. The molecule has 2 unspecified atom stereocenters. The van der Waals surface area contributed by atoms with Crippen LogP contribution >= 0.6 is 0 Å². The Kier molecular flexibility index (Phi) is 3.61. The molecule has 1 aromatic heterocycles. The zero-order chi connectivity index (χ0) is 12.4. The fourth-order valence-electron chi connectivity index (χ4n) is 3.65. The molecule has 2 bridgehead atoms. The van der Waals surface area contributed by atoms with E-state index in [9.17, 15) is 0 Å². The van der Waals surface area contributed by atoms with E-state index in [0.717, 1.165) is 25.0 Å². The molecule has 100 valence electrons. The molecule has 2 atom stereocenters. The molecular weight excluding hydrogens is 226 g/mol. The predicted molar refractivity (Wildman–Crippen MR) is 70.0 cm³/mol. The van der Waals surface area contributed by atoms with Crippen LogP contribution in [0.4, 0.5) is 0 Å². The van der Waals surface area contributed by atoms with Gasteiger partial charge in [-0.2, -0.15) is 0 Å². The van der Waals surface area contributed by atoms with Crippen molar-refractivity contribution in [3.05, 3.63) is 12.4 Å². The maximum Gasteiger partial charge on any atom is 0.0692 e. The molecule has 5 heteroatoms. The Morgan fingerprint density at radius 2 is 1.94 bits per heavy atom. The first-order valence-corrected chi connectivity index (χ1v) is 7.18. The Morgan fingerprint density at radius 3 is 2.61 bits per heavy atom. The number of fused-ring (bicyclic) bond motifs is 2. The highest BCUT2D eigenvalue weighted by Gasteiger charge is 2.36. The van der Waals surface area contributed by atoms with Crippen molar-refractivity contribution in [3.63, 3.8) is 0 Å². The molecule has 2 saturated heterocycles. The minimum absolute atomic E-state index is 0.437. The van der Waals surface area contributed by atoms with E-state index < -0.39 is 0 Å². The van der Waals surface area contributed by atoms with Crippen molar-refractivity contribution in [3.8, 4) is 0 Å². The molecule has 2 N–H and O–H groups in total. The first-order chi connectivity index (χ1) is 8.83. The third kappa shape index (κ3) is 2.57. The number of rotatable bonds is 4. The minimum Gasteiger partial charge on any atom is -0.328 e. The van der Waals surface area contributed by atoms with E-state index in [0.29, 0.717) is 6.04 Å². The van der Waals surface area contributed by atoms with Crippen LogP contribution in [0, 0.1) is 0 Å². The van der Waals surface area contributed by atoms with Crippen LogP contribution in [-0.4, -0.2) is 44.6 Å². The molecule has 3 heterocycles. The van der Waals surface area contributed by atoms with E-state index in [-0.39, 0.29) is 0 Å². The van der Waals surface area contributed by atoms with Gasteiger partial charge in [0.1, 0.15) is 0 Å². The molecule has 2 aliphatic heterocycles. The van der Waals surface area contributed by atoms with Crippen molar-refractivity contribution in [2.24, 2.45) is 5.73 Å². The van der Waals surface area contributed by atoms with E-state index in [2.05, 4.69) is 15.2 Å².